The van der Waals surface area contributed by atoms with Crippen LogP contribution in [0.3, 0.4) is 0 Å². The number of H-pyrrole nitrogens is 1. The number of likely N-dealkylation sites (tertiary alicyclic amines) is 1. The lowest BCUT2D eigenvalue weighted by molar-refractivity contribution is 0.0696. The van der Waals surface area contributed by atoms with Crippen molar-refractivity contribution < 1.29 is 19.4 Å². The predicted molar refractivity (Wildman–Crippen MR) is 203 cm³/mol. The van der Waals surface area contributed by atoms with Gasteiger partial charge in [0, 0.05) is 41.8 Å². The van der Waals surface area contributed by atoms with Crippen LogP contribution in [0.4, 0.5) is 5.69 Å². The number of nitrogens with zero attached hydrogens (tertiary/aromatic N) is 6. The molecule has 5 heterocycles. The number of fused-ring (bicyclic) bond motifs is 1. The summed E-state index contributed by atoms with van der Waals surface area (Å²) in [6.07, 6.45) is 12.2. The van der Waals surface area contributed by atoms with Crippen LogP contribution in [0.2, 0.25) is 0 Å². The molecule has 1 aliphatic heterocycles. The molecule has 0 saturated carbocycles. The van der Waals surface area contributed by atoms with Crippen molar-refractivity contribution in [3.8, 4) is 16.9 Å². The maximum absolute atomic E-state index is 13.0. The van der Waals surface area contributed by atoms with E-state index in [1.165, 1.54) is 25.2 Å². The number of amides is 1. The lowest BCUT2D eigenvalue weighted by Gasteiger charge is -2.19. The van der Waals surface area contributed by atoms with Crippen molar-refractivity contribution in [2.24, 2.45) is 0 Å². The van der Waals surface area contributed by atoms with Gasteiger partial charge in [-0.1, -0.05) is 72.8 Å². The van der Waals surface area contributed by atoms with Gasteiger partial charge in [-0.2, -0.15) is 10.2 Å². The molecule has 1 atom stereocenters. The Morgan fingerprint density at radius 1 is 0.849 bits per heavy atom. The van der Waals surface area contributed by atoms with E-state index in [0.29, 0.717) is 42.6 Å². The second-order valence-corrected chi connectivity index (χ2v) is 13.0. The number of carboxylic acids is 1. The van der Waals surface area contributed by atoms with Crippen LogP contribution in [0.5, 0.6) is 5.75 Å². The number of pyridine rings is 1. The number of aromatic amines is 1. The van der Waals surface area contributed by atoms with E-state index in [1.807, 2.05) is 97.2 Å². The highest BCUT2D eigenvalue weighted by Crippen LogP contribution is 2.30. The lowest BCUT2D eigenvalue weighted by atomic mass is 10.1. The number of nitrogens with one attached hydrogen (secondary N) is 2. The van der Waals surface area contributed by atoms with Crippen molar-refractivity contribution in [2.45, 2.75) is 32.0 Å². The van der Waals surface area contributed by atoms with Crippen LogP contribution in [0.25, 0.3) is 22.2 Å². The van der Waals surface area contributed by atoms with Crippen molar-refractivity contribution in [3.63, 3.8) is 0 Å². The minimum atomic E-state index is -0.950. The lowest BCUT2D eigenvalue weighted by Crippen LogP contribution is -2.30. The molecule has 12 heteroatoms. The topological polar surface area (TPSA) is 143 Å². The Balaban J connectivity index is 0.000000242. The van der Waals surface area contributed by atoms with Crippen LogP contribution >= 0.6 is 0 Å². The number of rotatable bonds is 11. The number of benzene rings is 3. The summed E-state index contributed by atoms with van der Waals surface area (Å²) in [5.74, 6) is -0.324. The molecule has 1 aliphatic rings. The number of hydrogen-bond acceptors (Lipinski definition) is 7. The molecule has 53 heavy (non-hydrogen) atoms. The van der Waals surface area contributed by atoms with E-state index in [-0.39, 0.29) is 11.5 Å². The first-order valence-electron chi connectivity index (χ1n) is 17.5. The van der Waals surface area contributed by atoms with E-state index in [2.05, 4.69) is 37.4 Å². The van der Waals surface area contributed by atoms with Gasteiger partial charge in [-0.15, -0.1) is 0 Å². The molecule has 0 bridgehead atoms. The molecule has 0 spiro atoms. The molecule has 7 aromatic rings. The van der Waals surface area contributed by atoms with Crippen LogP contribution in [0.1, 0.15) is 44.7 Å². The monoisotopic (exact) mass is 708 g/mol. The Labute approximate surface area is 306 Å². The van der Waals surface area contributed by atoms with E-state index in [0.717, 1.165) is 39.9 Å². The number of carboxylic acid groups (broad SMARTS) is 1. The maximum atomic E-state index is 13.0. The summed E-state index contributed by atoms with van der Waals surface area (Å²) < 4.78 is 9.50. The Bertz CT molecular complexity index is 2300. The number of aromatic carboxylic acids is 1. The number of carbonyl (C=O) groups is 2. The molecule has 12 nitrogen and oxygen atoms in total. The quantitative estimate of drug-likeness (QED) is 0.133. The minimum Gasteiger partial charge on any atom is -0.492 e. The van der Waals surface area contributed by atoms with Crippen molar-refractivity contribution in [2.75, 3.05) is 25.5 Å². The van der Waals surface area contributed by atoms with E-state index >= 15 is 0 Å². The van der Waals surface area contributed by atoms with Gasteiger partial charge in [0.2, 0.25) is 0 Å². The first-order valence-corrected chi connectivity index (χ1v) is 17.5. The number of anilines is 1. The number of ether oxygens (including phenoxy) is 1. The highest BCUT2D eigenvalue weighted by atomic mass is 16.5. The predicted octanol–water partition coefficient (Wildman–Crippen LogP) is 6.83. The van der Waals surface area contributed by atoms with Gasteiger partial charge in [-0.25, -0.2) is 9.78 Å². The first kappa shape index (κ1) is 34.9. The zero-order chi connectivity index (χ0) is 36.6. The molecular formula is C41H40N8O4. The van der Waals surface area contributed by atoms with Crippen molar-refractivity contribution in [3.05, 3.63) is 150 Å². The summed E-state index contributed by atoms with van der Waals surface area (Å²) in [6.45, 7) is 3.02. The standard InChI is InChI=1S/C30H30N6O2.C11H10N2O2/c1-35-12-6-10-25(35)20-38-26-11-5-9-22(13-26)23-14-27-28(17-32-29(27)31-15-23)34-30(37)24-16-33-36(19-24)18-21-7-3-2-4-8-21;14-11(15)10-6-12-13(8-10)7-9-4-2-1-3-5-9/h2-5,7-9,11,13-17,19,25H,6,10,12,18,20H2,1H3,(H,31,32)(H,34,37);1-6,8H,7H2,(H,14,15)/t25-;/m0./s1. The number of hydrogen-bond donors (Lipinski definition) is 3. The van der Waals surface area contributed by atoms with Crippen molar-refractivity contribution >= 4 is 28.6 Å². The number of likely N-dealkylation sites (N-methyl/N-ethyl adjacent to an activating group) is 1. The van der Waals surface area contributed by atoms with E-state index < -0.39 is 5.97 Å². The molecule has 268 valence electrons. The number of carbonyl (C=O) groups excluding carboxylic acids is 1. The first-order chi connectivity index (χ1) is 25.9. The summed E-state index contributed by atoms with van der Waals surface area (Å²) in [5.41, 5.74) is 6.27. The summed E-state index contributed by atoms with van der Waals surface area (Å²) in [6, 6.07) is 30.4. The van der Waals surface area contributed by atoms with E-state index in [1.54, 1.807) is 28.0 Å². The average molecular weight is 709 g/mol. The zero-order valence-electron chi connectivity index (χ0n) is 29.3. The molecule has 3 aromatic carbocycles. The van der Waals surface area contributed by atoms with Gasteiger partial charge in [-0.3, -0.25) is 14.2 Å². The molecule has 8 rings (SSSR count). The second kappa shape index (κ2) is 16.2. The third kappa shape index (κ3) is 8.86. The van der Waals surface area contributed by atoms with Crippen LogP contribution < -0.4 is 10.1 Å². The van der Waals surface area contributed by atoms with Gasteiger partial charge < -0.3 is 25.0 Å². The van der Waals surface area contributed by atoms with Gasteiger partial charge in [-0.05, 0) is 61.3 Å². The fourth-order valence-corrected chi connectivity index (χ4v) is 6.28. The van der Waals surface area contributed by atoms with Crippen LogP contribution in [-0.2, 0) is 13.1 Å². The molecule has 0 unspecified atom stereocenters. The Kier molecular flexibility index (Phi) is 10.7. The molecule has 1 saturated heterocycles. The largest absolute Gasteiger partial charge is 0.492 e. The fourth-order valence-electron chi connectivity index (χ4n) is 6.28. The zero-order valence-corrected chi connectivity index (χ0v) is 29.3. The third-order valence-corrected chi connectivity index (χ3v) is 9.21. The highest BCUT2D eigenvalue weighted by molar-refractivity contribution is 6.08. The van der Waals surface area contributed by atoms with Crippen molar-refractivity contribution in [1.82, 2.24) is 34.4 Å². The van der Waals surface area contributed by atoms with E-state index in [9.17, 15) is 9.59 Å². The fraction of sp³-hybridized carbons (Fsp3) is 0.195. The van der Waals surface area contributed by atoms with Gasteiger partial charge >= 0.3 is 5.97 Å². The van der Waals surface area contributed by atoms with Crippen LogP contribution in [-0.4, -0.2) is 77.7 Å². The normalized spacial score (nSPS) is 14.1. The summed E-state index contributed by atoms with van der Waals surface area (Å²) in [7, 11) is 2.16. The second-order valence-electron chi connectivity index (χ2n) is 13.0. The summed E-state index contributed by atoms with van der Waals surface area (Å²) in [4.78, 5) is 33.7. The van der Waals surface area contributed by atoms with Crippen molar-refractivity contribution in [1.29, 1.82) is 0 Å². The van der Waals surface area contributed by atoms with Gasteiger partial charge in [0.15, 0.2) is 0 Å². The average Bonchev–Trinajstić information content (AvgIpc) is 4.01. The molecule has 0 aliphatic carbocycles. The summed E-state index contributed by atoms with van der Waals surface area (Å²) in [5, 5.41) is 20.9. The molecule has 4 aromatic heterocycles. The minimum absolute atomic E-state index is 0.214. The SMILES string of the molecule is CN1CCC[C@H]1COc1cccc(-c2cnc3[nH]cc(NC(=O)c4cnn(Cc5ccccc5)c4)c3c2)c1.O=C(O)c1cnn(Cc2ccccc2)c1. The molecule has 3 N–H and O–H groups in total. The van der Waals surface area contributed by atoms with Crippen LogP contribution in [0.15, 0.2) is 128 Å². The van der Waals surface area contributed by atoms with Gasteiger partial charge in [0.1, 0.15) is 18.0 Å². The molecule has 0 radical (unpaired) electrons. The Morgan fingerprint density at radius 3 is 2.17 bits per heavy atom. The smallest absolute Gasteiger partial charge is 0.338 e. The molecule has 1 amide bonds. The molecule has 1 fully saturated rings. The number of aromatic nitrogens is 6. The van der Waals surface area contributed by atoms with Gasteiger partial charge in [0.25, 0.3) is 5.91 Å². The molecular weight excluding hydrogens is 669 g/mol. The summed E-state index contributed by atoms with van der Waals surface area (Å²) >= 11 is 0. The Hall–Kier alpha value is -6.53. The maximum Gasteiger partial charge on any atom is 0.338 e. The van der Waals surface area contributed by atoms with Gasteiger partial charge in [0.05, 0.1) is 42.3 Å². The van der Waals surface area contributed by atoms with Crippen LogP contribution in [0, 0.1) is 0 Å². The van der Waals surface area contributed by atoms with E-state index in [4.69, 9.17) is 9.84 Å². The third-order valence-electron chi connectivity index (χ3n) is 9.21. The highest BCUT2D eigenvalue weighted by Gasteiger charge is 2.21. The Morgan fingerprint density at radius 2 is 1.53 bits per heavy atom.